The molecule has 77 valence electrons. The van der Waals surface area contributed by atoms with E-state index in [0.717, 1.165) is 25.4 Å². The van der Waals surface area contributed by atoms with Gasteiger partial charge in [0.1, 0.15) is 0 Å². The lowest BCUT2D eigenvalue weighted by Gasteiger charge is -2.13. The van der Waals surface area contributed by atoms with Gasteiger partial charge in [-0.05, 0) is 41.9 Å². The first-order valence-electron chi connectivity index (χ1n) is 5.86. The van der Waals surface area contributed by atoms with E-state index in [9.17, 15) is 0 Å². The van der Waals surface area contributed by atoms with Crippen molar-refractivity contribution in [3.63, 3.8) is 0 Å². The van der Waals surface area contributed by atoms with Gasteiger partial charge >= 0.3 is 0 Å². The third-order valence-electron chi connectivity index (χ3n) is 3.31. The molecule has 0 bridgehead atoms. The highest BCUT2D eigenvalue weighted by Gasteiger charge is 2.23. The van der Waals surface area contributed by atoms with Gasteiger partial charge in [-0.2, -0.15) is 0 Å². The van der Waals surface area contributed by atoms with Crippen LogP contribution < -0.4 is 5.32 Å². The van der Waals surface area contributed by atoms with Crippen molar-refractivity contribution in [3.8, 4) is 0 Å². The Balaban J connectivity index is 1.89. The summed E-state index contributed by atoms with van der Waals surface area (Å²) in [7, 11) is 0. The van der Waals surface area contributed by atoms with E-state index in [-0.39, 0.29) is 0 Å². The lowest BCUT2D eigenvalue weighted by Crippen LogP contribution is -2.12. The molecule has 0 aromatic heterocycles. The molecule has 15 heavy (non-hydrogen) atoms. The molecule has 0 amide bonds. The van der Waals surface area contributed by atoms with Gasteiger partial charge in [0.05, 0.1) is 0 Å². The largest absolute Gasteiger partial charge is 0.237 e. The van der Waals surface area contributed by atoms with Crippen LogP contribution in [0.15, 0.2) is 30.3 Å². The molecule has 1 heteroatoms. The van der Waals surface area contributed by atoms with Crippen LogP contribution in [0, 0.1) is 0 Å². The Bertz CT molecular complexity index is 388. The van der Waals surface area contributed by atoms with Crippen LogP contribution in [0.25, 0.3) is 5.57 Å². The summed E-state index contributed by atoms with van der Waals surface area (Å²) in [4.78, 5) is 0. The lowest BCUT2D eigenvalue weighted by molar-refractivity contribution is 0.723. The topological polar surface area (TPSA) is 14.1 Å². The summed E-state index contributed by atoms with van der Waals surface area (Å²) in [5, 5.41) is 4.35. The van der Waals surface area contributed by atoms with Gasteiger partial charge in [-0.15, -0.1) is 0 Å². The molecule has 1 fully saturated rings. The van der Waals surface area contributed by atoms with E-state index < -0.39 is 0 Å². The molecule has 0 unspecified atom stereocenters. The minimum atomic E-state index is 0.860. The third-order valence-corrected chi connectivity index (χ3v) is 3.31. The van der Waals surface area contributed by atoms with Crippen LogP contribution >= 0.6 is 0 Å². The number of nitrogens with zero attached hydrogens (tertiary/aromatic N) is 1. The third kappa shape index (κ3) is 1.98. The van der Waals surface area contributed by atoms with Crippen LogP contribution in [0.5, 0.6) is 0 Å². The maximum absolute atomic E-state index is 4.35. The second-order valence-electron chi connectivity index (χ2n) is 4.51. The number of hydrogen-bond donors (Lipinski definition) is 0. The number of benzene rings is 1. The second kappa shape index (κ2) is 3.82. The van der Waals surface area contributed by atoms with Crippen molar-refractivity contribution in [2.24, 2.45) is 0 Å². The van der Waals surface area contributed by atoms with Gasteiger partial charge in [0.2, 0.25) is 0 Å². The summed E-state index contributed by atoms with van der Waals surface area (Å²) < 4.78 is 0. The summed E-state index contributed by atoms with van der Waals surface area (Å²) >= 11 is 0. The second-order valence-corrected chi connectivity index (χ2v) is 4.51. The van der Waals surface area contributed by atoms with Crippen molar-refractivity contribution in [1.29, 1.82) is 0 Å². The summed E-state index contributed by atoms with van der Waals surface area (Å²) in [5.41, 5.74) is 4.46. The summed E-state index contributed by atoms with van der Waals surface area (Å²) in [5.74, 6) is 0.860. The Labute approximate surface area is 91.2 Å². The molecule has 3 rings (SSSR count). The highest BCUT2D eigenvalue weighted by Crippen LogP contribution is 2.40. The maximum atomic E-state index is 4.35. The maximum Gasteiger partial charge on any atom is 0.0320 e. The predicted molar refractivity (Wildman–Crippen MR) is 62.9 cm³/mol. The van der Waals surface area contributed by atoms with Gasteiger partial charge in [-0.1, -0.05) is 30.3 Å². The van der Waals surface area contributed by atoms with Crippen LogP contribution in [0.1, 0.15) is 36.3 Å². The zero-order chi connectivity index (χ0) is 10.1. The SMILES string of the molecule is C1=C(c2cccc(C3CC3)c2)CC[N]C1. The van der Waals surface area contributed by atoms with Gasteiger partial charge in [0.25, 0.3) is 0 Å². The Hall–Kier alpha value is -1.08. The molecule has 1 aliphatic carbocycles. The molecule has 0 spiro atoms. The van der Waals surface area contributed by atoms with Crippen LogP contribution in [0.3, 0.4) is 0 Å². The molecule has 1 saturated carbocycles. The van der Waals surface area contributed by atoms with Gasteiger partial charge < -0.3 is 0 Å². The Morgan fingerprint density at radius 2 is 2.13 bits per heavy atom. The van der Waals surface area contributed by atoms with Crippen LogP contribution in [0.2, 0.25) is 0 Å². The van der Waals surface area contributed by atoms with Crippen LogP contribution in [-0.2, 0) is 0 Å². The van der Waals surface area contributed by atoms with Crippen molar-refractivity contribution in [2.75, 3.05) is 13.1 Å². The average molecular weight is 198 g/mol. The lowest BCUT2D eigenvalue weighted by atomic mass is 9.97. The minimum absolute atomic E-state index is 0.860. The van der Waals surface area contributed by atoms with Crippen molar-refractivity contribution in [2.45, 2.75) is 25.2 Å². The highest BCUT2D eigenvalue weighted by atomic mass is 14.8. The molecule has 1 heterocycles. The number of hydrogen-bond acceptors (Lipinski definition) is 0. The van der Waals surface area contributed by atoms with Crippen molar-refractivity contribution in [3.05, 3.63) is 41.5 Å². The van der Waals surface area contributed by atoms with Crippen molar-refractivity contribution < 1.29 is 0 Å². The number of rotatable bonds is 2. The van der Waals surface area contributed by atoms with E-state index in [0.29, 0.717) is 0 Å². The van der Waals surface area contributed by atoms with Gasteiger partial charge in [0.15, 0.2) is 0 Å². The van der Waals surface area contributed by atoms with E-state index >= 15 is 0 Å². The van der Waals surface area contributed by atoms with E-state index in [1.54, 1.807) is 0 Å². The predicted octanol–water partition coefficient (Wildman–Crippen LogP) is 2.96. The van der Waals surface area contributed by atoms with Crippen molar-refractivity contribution >= 4 is 5.57 Å². The molecule has 0 saturated heterocycles. The van der Waals surface area contributed by atoms with Crippen molar-refractivity contribution in [1.82, 2.24) is 5.32 Å². The molecule has 1 aliphatic heterocycles. The Morgan fingerprint density at radius 1 is 1.20 bits per heavy atom. The van der Waals surface area contributed by atoms with E-state index in [4.69, 9.17) is 0 Å². The fraction of sp³-hybridized carbons (Fsp3) is 0.429. The molecular weight excluding hydrogens is 182 g/mol. The molecule has 2 aliphatic rings. The summed E-state index contributed by atoms with van der Waals surface area (Å²) in [6.45, 7) is 1.91. The molecule has 1 radical (unpaired) electrons. The summed E-state index contributed by atoms with van der Waals surface area (Å²) in [6, 6.07) is 9.10. The smallest absolute Gasteiger partial charge is 0.0320 e. The standard InChI is InChI=1S/C14H16N/c1-2-13(11-4-5-11)10-14(3-1)12-6-8-15-9-7-12/h1-3,6,10-11H,4-5,7-9H2. The molecule has 0 atom stereocenters. The molecular formula is C14H16N. The normalized spacial score (nSPS) is 21.2. The first kappa shape index (κ1) is 9.17. The van der Waals surface area contributed by atoms with Gasteiger partial charge in [-0.3, -0.25) is 0 Å². The zero-order valence-corrected chi connectivity index (χ0v) is 8.95. The molecule has 1 aromatic rings. The zero-order valence-electron chi connectivity index (χ0n) is 8.95. The fourth-order valence-electron chi connectivity index (χ4n) is 2.24. The Kier molecular flexibility index (Phi) is 2.34. The van der Waals surface area contributed by atoms with E-state index in [1.165, 1.54) is 29.5 Å². The van der Waals surface area contributed by atoms with Gasteiger partial charge in [-0.25, -0.2) is 5.32 Å². The fourth-order valence-corrected chi connectivity index (χ4v) is 2.24. The van der Waals surface area contributed by atoms with Gasteiger partial charge in [0, 0.05) is 13.1 Å². The first-order chi connectivity index (χ1) is 7.43. The quantitative estimate of drug-likeness (QED) is 0.693. The average Bonchev–Trinajstić information content (AvgIpc) is 3.14. The van der Waals surface area contributed by atoms with E-state index in [1.807, 2.05) is 0 Å². The first-order valence-corrected chi connectivity index (χ1v) is 5.86. The molecule has 1 aromatic carbocycles. The molecule has 1 nitrogen and oxygen atoms in total. The van der Waals surface area contributed by atoms with E-state index in [2.05, 4.69) is 35.7 Å². The molecule has 0 N–H and O–H groups in total. The summed E-state index contributed by atoms with van der Waals surface area (Å²) in [6.07, 6.45) is 6.17. The van der Waals surface area contributed by atoms with Crippen LogP contribution in [0.4, 0.5) is 0 Å². The highest BCUT2D eigenvalue weighted by molar-refractivity contribution is 5.67. The Morgan fingerprint density at radius 3 is 2.87 bits per heavy atom. The minimum Gasteiger partial charge on any atom is -0.237 e. The van der Waals surface area contributed by atoms with Crippen LogP contribution in [-0.4, -0.2) is 13.1 Å². The monoisotopic (exact) mass is 198 g/mol.